The monoisotopic (exact) mass is 379 g/mol. The van der Waals surface area contributed by atoms with Crippen LogP contribution in [-0.4, -0.2) is 41.0 Å². The Kier molecular flexibility index (Phi) is 6.35. The smallest absolute Gasteiger partial charge is 0.355 e. The summed E-state index contributed by atoms with van der Waals surface area (Å²) in [5, 5.41) is 2.62. The van der Waals surface area contributed by atoms with Crippen LogP contribution in [-0.2, 0) is 14.3 Å². The van der Waals surface area contributed by atoms with E-state index in [1.807, 2.05) is 0 Å². The van der Waals surface area contributed by atoms with E-state index < -0.39 is 24.5 Å². The van der Waals surface area contributed by atoms with E-state index in [2.05, 4.69) is 15.3 Å². The van der Waals surface area contributed by atoms with Crippen molar-refractivity contribution in [2.24, 2.45) is 0 Å². The summed E-state index contributed by atoms with van der Waals surface area (Å²) in [6.45, 7) is 4.62. The molecule has 0 aliphatic rings. The molecule has 2 aromatic heterocycles. The summed E-state index contributed by atoms with van der Waals surface area (Å²) in [4.78, 5) is 42.7. The van der Waals surface area contributed by atoms with Gasteiger partial charge in [0.25, 0.3) is 5.91 Å². The maximum Gasteiger partial charge on any atom is 0.355 e. The fourth-order valence-corrected chi connectivity index (χ4v) is 2.50. The van der Waals surface area contributed by atoms with E-state index in [1.165, 1.54) is 6.20 Å². The summed E-state index contributed by atoms with van der Waals surface area (Å²) < 4.78 is 9.96. The quantitative estimate of drug-likeness (QED) is 0.589. The summed E-state index contributed by atoms with van der Waals surface area (Å²) >= 11 is 5.85. The maximum absolute atomic E-state index is 12.3. The number of esters is 2. The molecule has 0 aromatic carbocycles. The van der Waals surface area contributed by atoms with Gasteiger partial charge in [-0.25, -0.2) is 14.6 Å². The second kappa shape index (κ2) is 8.48. The number of carbonyl (C=O) groups excluding carboxylic acids is 3. The minimum absolute atomic E-state index is 0.128. The average Bonchev–Trinajstić information content (AvgIpc) is 2.90. The van der Waals surface area contributed by atoms with Gasteiger partial charge in [-0.15, -0.1) is 0 Å². The van der Waals surface area contributed by atoms with Gasteiger partial charge in [0.1, 0.15) is 5.69 Å². The predicted octanol–water partition coefficient (Wildman–Crippen LogP) is 2.65. The number of H-pyrrole nitrogens is 1. The molecular weight excluding hydrogens is 362 g/mol. The van der Waals surface area contributed by atoms with Gasteiger partial charge in [0, 0.05) is 11.9 Å². The Morgan fingerprint density at radius 1 is 1.23 bits per heavy atom. The Morgan fingerprint density at radius 3 is 2.62 bits per heavy atom. The first-order chi connectivity index (χ1) is 12.3. The number of hydrogen-bond acceptors (Lipinski definition) is 6. The summed E-state index contributed by atoms with van der Waals surface area (Å²) in [6, 6.07) is 3.18. The molecule has 2 N–H and O–H groups in total. The standard InChI is InChI=1S/C17H18ClN3O5/c1-4-25-17(24)14-9(2)13(10(3)20-14)16(23)26-8-12(22)21-11-6-5-7-19-15(11)18/h5-7,20H,4,8H2,1-3H3,(H,21,22). The third-order valence-corrected chi connectivity index (χ3v) is 3.79. The normalized spacial score (nSPS) is 10.3. The second-order valence-corrected chi connectivity index (χ2v) is 5.67. The zero-order valence-corrected chi connectivity index (χ0v) is 15.3. The Hall–Kier alpha value is -2.87. The number of aryl methyl sites for hydroxylation is 1. The first kappa shape index (κ1) is 19.5. The molecular formula is C17H18ClN3O5. The fraction of sp³-hybridized carbons (Fsp3) is 0.294. The molecule has 0 fully saturated rings. The number of halogens is 1. The van der Waals surface area contributed by atoms with E-state index in [-0.39, 0.29) is 23.0 Å². The van der Waals surface area contributed by atoms with Crippen molar-refractivity contribution in [2.75, 3.05) is 18.5 Å². The van der Waals surface area contributed by atoms with E-state index in [9.17, 15) is 14.4 Å². The van der Waals surface area contributed by atoms with E-state index in [0.717, 1.165) is 0 Å². The van der Waals surface area contributed by atoms with Crippen molar-refractivity contribution < 1.29 is 23.9 Å². The van der Waals surface area contributed by atoms with Gasteiger partial charge in [-0.1, -0.05) is 11.6 Å². The van der Waals surface area contributed by atoms with Crippen LogP contribution in [0.5, 0.6) is 0 Å². The molecule has 2 rings (SSSR count). The number of nitrogens with one attached hydrogen (secondary N) is 2. The van der Waals surface area contributed by atoms with Crippen molar-refractivity contribution in [3.8, 4) is 0 Å². The number of ether oxygens (including phenoxy) is 2. The lowest BCUT2D eigenvalue weighted by Crippen LogP contribution is -2.21. The lowest BCUT2D eigenvalue weighted by molar-refractivity contribution is -0.119. The van der Waals surface area contributed by atoms with Crippen LogP contribution in [0.3, 0.4) is 0 Å². The van der Waals surface area contributed by atoms with Crippen LogP contribution >= 0.6 is 11.6 Å². The zero-order valence-electron chi connectivity index (χ0n) is 14.5. The Labute approximate surface area is 154 Å². The van der Waals surface area contributed by atoms with E-state index >= 15 is 0 Å². The predicted molar refractivity (Wildman–Crippen MR) is 94.4 cm³/mol. The Balaban J connectivity index is 2.03. The third-order valence-electron chi connectivity index (χ3n) is 3.49. The number of nitrogens with zero attached hydrogens (tertiary/aromatic N) is 1. The van der Waals surface area contributed by atoms with Crippen LogP contribution < -0.4 is 5.32 Å². The minimum Gasteiger partial charge on any atom is -0.461 e. The van der Waals surface area contributed by atoms with Gasteiger partial charge in [-0.2, -0.15) is 0 Å². The minimum atomic E-state index is -0.723. The number of aromatic amines is 1. The van der Waals surface area contributed by atoms with Gasteiger partial charge >= 0.3 is 11.9 Å². The molecule has 0 saturated heterocycles. The summed E-state index contributed by atoms with van der Waals surface area (Å²) in [5.74, 6) is -1.85. The zero-order chi connectivity index (χ0) is 19.3. The number of pyridine rings is 1. The lowest BCUT2D eigenvalue weighted by Gasteiger charge is -2.08. The van der Waals surface area contributed by atoms with Crippen molar-refractivity contribution in [1.29, 1.82) is 0 Å². The maximum atomic E-state index is 12.3. The number of amides is 1. The largest absolute Gasteiger partial charge is 0.461 e. The van der Waals surface area contributed by atoms with E-state index in [4.69, 9.17) is 21.1 Å². The highest BCUT2D eigenvalue weighted by Gasteiger charge is 2.24. The molecule has 0 aliphatic carbocycles. The van der Waals surface area contributed by atoms with Gasteiger partial charge < -0.3 is 19.8 Å². The molecule has 8 nitrogen and oxygen atoms in total. The highest BCUT2D eigenvalue weighted by atomic mass is 35.5. The van der Waals surface area contributed by atoms with Crippen LogP contribution in [0.2, 0.25) is 5.15 Å². The van der Waals surface area contributed by atoms with Crippen molar-refractivity contribution in [1.82, 2.24) is 9.97 Å². The van der Waals surface area contributed by atoms with Crippen LogP contribution in [0.1, 0.15) is 39.0 Å². The van der Waals surface area contributed by atoms with Crippen molar-refractivity contribution in [2.45, 2.75) is 20.8 Å². The molecule has 2 aromatic rings. The molecule has 0 radical (unpaired) electrons. The second-order valence-electron chi connectivity index (χ2n) is 5.31. The average molecular weight is 380 g/mol. The Morgan fingerprint density at radius 2 is 1.96 bits per heavy atom. The number of aromatic nitrogens is 2. The Bertz CT molecular complexity index is 847. The van der Waals surface area contributed by atoms with Gasteiger partial charge in [0.2, 0.25) is 0 Å². The molecule has 0 spiro atoms. The van der Waals surface area contributed by atoms with Crippen LogP contribution in [0.15, 0.2) is 18.3 Å². The molecule has 9 heteroatoms. The molecule has 0 saturated carbocycles. The number of rotatable bonds is 6. The molecule has 0 aliphatic heterocycles. The molecule has 0 unspecified atom stereocenters. The fourth-order valence-electron chi connectivity index (χ4n) is 2.33. The summed E-state index contributed by atoms with van der Waals surface area (Å²) in [6.07, 6.45) is 1.48. The van der Waals surface area contributed by atoms with Crippen molar-refractivity contribution in [3.05, 3.63) is 46.0 Å². The highest BCUT2D eigenvalue weighted by Crippen LogP contribution is 2.20. The van der Waals surface area contributed by atoms with Gasteiger partial charge in [-0.05, 0) is 38.5 Å². The van der Waals surface area contributed by atoms with Crippen molar-refractivity contribution >= 4 is 35.1 Å². The first-order valence-electron chi connectivity index (χ1n) is 7.78. The highest BCUT2D eigenvalue weighted by molar-refractivity contribution is 6.32. The molecule has 0 bridgehead atoms. The molecule has 138 valence electrons. The van der Waals surface area contributed by atoms with Crippen LogP contribution in [0, 0.1) is 13.8 Å². The van der Waals surface area contributed by atoms with Crippen molar-refractivity contribution in [3.63, 3.8) is 0 Å². The topological polar surface area (TPSA) is 110 Å². The number of hydrogen-bond donors (Lipinski definition) is 2. The van der Waals surface area contributed by atoms with E-state index in [0.29, 0.717) is 16.9 Å². The van der Waals surface area contributed by atoms with Gasteiger partial charge in [0.05, 0.1) is 17.9 Å². The third kappa shape index (κ3) is 4.40. The number of carbonyl (C=O) groups is 3. The van der Waals surface area contributed by atoms with Gasteiger partial charge in [0.15, 0.2) is 11.8 Å². The van der Waals surface area contributed by atoms with Crippen LogP contribution in [0.4, 0.5) is 5.69 Å². The summed E-state index contributed by atoms with van der Waals surface area (Å²) in [7, 11) is 0. The van der Waals surface area contributed by atoms with Gasteiger partial charge in [-0.3, -0.25) is 4.79 Å². The summed E-state index contributed by atoms with van der Waals surface area (Å²) in [5.41, 5.74) is 1.55. The first-order valence-corrected chi connectivity index (χ1v) is 8.16. The molecule has 1 amide bonds. The number of anilines is 1. The lowest BCUT2D eigenvalue weighted by atomic mass is 10.1. The SMILES string of the molecule is CCOC(=O)c1[nH]c(C)c(C(=O)OCC(=O)Nc2cccnc2Cl)c1C. The molecule has 0 atom stereocenters. The van der Waals surface area contributed by atoms with Crippen LogP contribution in [0.25, 0.3) is 0 Å². The molecule has 26 heavy (non-hydrogen) atoms. The van der Waals surface area contributed by atoms with E-state index in [1.54, 1.807) is 32.9 Å². The molecule has 2 heterocycles.